The standard InChI is InChI=1S/C15H20O4/c1-10-8-6-7-9-12(10)13(18-11(2)16)14(17)19-15(3,4)5/h6-9,13H,1-5H3. The first-order valence-corrected chi connectivity index (χ1v) is 6.16. The smallest absolute Gasteiger partial charge is 0.352 e. The van der Waals surface area contributed by atoms with Gasteiger partial charge in [-0.15, -0.1) is 0 Å². The van der Waals surface area contributed by atoms with E-state index in [4.69, 9.17) is 9.47 Å². The molecule has 1 rings (SSSR count). The number of hydrogen-bond donors (Lipinski definition) is 0. The fourth-order valence-electron chi connectivity index (χ4n) is 1.64. The van der Waals surface area contributed by atoms with Crippen LogP contribution in [-0.4, -0.2) is 17.5 Å². The maximum Gasteiger partial charge on any atom is 0.352 e. The van der Waals surface area contributed by atoms with Crippen LogP contribution in [0.25, 0.3) is 0 Å². The molecular weight excluding hydrogens is 244 g/mol. The molecule has 0 N–H and O–H groups in total. The third-order valence-electron chi connectivity index (χ3n) is 2.38. The van der Waals surface area contributed by atoms with Crippen molar-refractivity contribution in [2.45, 2.75) is 46.3 Å². The topological polar surface area (TPSA) is 52.6 Å². The van der Waals surface area contributed by atoms with E-state index < -0.39 is 23.6 Å². The van der Waals surface area contributed by atoms with E-state index in [1.54, 1.807) is 32.9 Å². The van der Waals surface area contributed by atoms with E-state index >= 15 is 0 Å². The minimum absolute atomic E-state index is 0.515. The lowest BCUT2D eigenvalue weighted by molar-refractivity contribution is -0.175. The van der Waals surface area contributed by atoms with Crippen LogP contribution in [0.1, 0.15) is 44.9 Å². The summed E-state index contributed by atoms with van der Waals surface area (Å²) in [5.41, 5.74) is 0.893. The minimum Gasteiger partial charge on any atom is -0.457 e. The van der Waals surface area contributed by atoms with E-state index in [2.05, 4.69) is 0 Å². The molecule has 0 aliphatic rings. The van der Waals surface area contributed by atoms with Crippen molar-refractivity contribution < 1.29 is 19.1 Å². The molecule has 0 amide bonds. The molecule has 0 fully saturated rings. The Morgan fingerprint density at radius 3 is 2.21 bits per heavy atom. The van der Waals surface area contributed by atoms with Crippen molar-refractivity contribution in [1.82, 2.24) is 0 Å². The summed E-state index contributed by atoms with van der Waals surface area (Å²) in [6.07, 6.45) is -1.02. The van der Waals surface area contributed by atoms with Crippen LogP contribution in [-0.2, 0) is 19.1 Å². The molecule has 0 heterocycles. The number of benzene rings is 1. The molecule has 1 unspecified atom stereocenters. The number of aryl methyl sites for hydroxylation is 1. The van der Waals surface area contributed by atoms with Crippen molar-refractivity contribution in [3.8, 4) is 0 Å². The van der Waals surface area contributed by atoms with Crippen LogP contribution in [0, 0.1) is 6.92 Å². The van der Waals surface area contributed by atoms with Gasteiger partial charge in [0.1, 0.15) is 5.60 Å². The second-order valence-corrected chi connectivity index (χ2v) is 5.38. The van der Waals surface area contributed by atoms with Gasteiger partial charge in [0.15, 0.2) is 0 Å². The molecular formula is C15H20O4. The molecule has 1 aromatic carbocycles. The Morgan fingerprint density at radius 2 is 1.74 bits per heavy atom. The normalized spacial score (nSPS) is 12.7. The van der Waals surface area contributed by atoms with Gasteiger partial charge in [-0.05, 0) is 33.3 Å². The summed E-state index contributed by atoms with van der Waals surface area (Å²) < 4.78 is 10.4. The van der Waals surface area contributed by atoms with Crippen LogP contribution < -0.4 is 0 Å². The van der Waals surface area contributed by atoms with Crippen LogP contribution in [0.15, 0.2) is 24.3 Å². The molecule has 0 saturated heterocycles. The molecule has 1 aromatic rings. The highest BCUT2D eigenvalue weighted by molar-refractivity contribution is 5.80. The number of rotatable bonds is 3. The molecule has 0 bridgehead atoms. The van der Waals surface area contributed by atoms with Crippen molar-refractivity contribution in [3.63, 3.8) is 0 Å². The Kier molecular flexibility index (Phi) is 4.70. The van der Waals surface area contributed by atoms with Gasteiger partial charge in [0, 0.05) is 12.5 Å². The number of hydrogen-bond acceptors (Lipinski definition) is 4. The van der Waals surface area contributed by atoms with Crippen molar-refractivity contribution in [2.75, 3.05) is 0 Å². The highest BCUT2D eigenvalue weighted by Gasteiger charge is 2.30. The fraction of sp³-hybridized carbons (Fsp3) is 0.467. The third kappa shape index (κ3) is 4.73. The van der Waals surface area contributed by atoms with Crippen LogP contribution in [0.3, 0.4) is 0 Å². The van der Waals surface area contributed by atoms with Crippen molar-refractivity contribution in [1.29, 1.82) is 0 Å². The van der Waals surface area contributed by atoms with Gasteiger partial charge in [-0.1, -0.05) is 24.3 Å². The predicted molar refractivity (Wildman–Crippen MR) is 71.5 cm³/mol. The van der Waals surface area contributed by atoms with Crippen molar-refractivity contribution >= 4 is 11.9 Å². The molecule has 0 aromatic heterocycles. The van der Waals surface area contributed by atoms with Gasteiger partial charge >= 0.3 is 11.9 Å². The molecule has 0 saturated carbocycles. The van der Waals surface area contributed by atoms with Gasteiger partial charge in [-0.2, -0.15) is 0 Å². The Hall–Kier alpha value is -1.84. The monoisotopic (exact) mass is 264 g/mol. The number of ether oxygens (including phenoxy) is 2. The second kappa shape index (κ2) is 5.87. The van der Waals surface area contributed by atoms with E-state index in [0.29, 0.717) is 5.56 Å². The van der Waals surface area contributed by atoms with Gasteiger partial charge < -0.3 is 9.47 Å². The summed E-state index contributed by atoms with van der Waals surface area (Å²) in [4.78, 5) is 23.3. The van der Waals surface area contributed by atoms with Crippen LogP contribution >= 0.6 is 0 Å². The molecule has 1 atom stereocenters. The highest BCUT2D eigenvalue weighted by atomic mass is 16.6. The first kappa shape index (κ1) is 15.2. The van der Waals surface area contributed by atoms with E-state index in [1.807, 2.05) is 19.1 Å². The summed E-state index contributed by atoms with van der Waals surface area (Å²) in [6, 6.07) is 7.27. The van der Waals surface area contributed by atoms with Crippen LogP contribution in [0.4, 0.5) is 0 Å². The number of esters is 2. The first-order valence-electron chi connectivity index (χ1n) is 6.16. The van der Waals surface area contributed by atoms with Gasteiger partial charge in [0.2, 0.25) is 6.10 Å². The van der Waals surface area contributed by atoms with E-state index in [0.717, 1.165) is 5.56 Å². The lowest BCUT2D eigenvalue weighted by atomic mass is 10.0. The van der Waals surface area contributed by atoms with Gasteiger partial charge in [-0.3, -0.25) is 4.79 Å². The zero-order valence-corrected chi connectivity index (χ0v) is 12.0. The average Bonchev–Trinajstić information content (AvgIpc) is 2.24. The Bertz CT molecular complexity index is 471. The van der Waals surface area contributed by atoms with E-state index in [-0.39, 0.29) is 0 Å². The molecule has 104 valence electrons. The lowest BCUT2D eigenvalue weighted by Crippen LogP contribution is -2.30. The van der Waals surface area contributed by atoms with Crippen molar-refractivity contribution in [3.05, 3.63) is 35.4 Å². The molecule has 0 aliphatic heterocycles. The molecule has 19 heavy (non-hydrogen) atoms. The summed E-state index contributed by atoms with van der Waals surface area (Å²) in [5.74, 6) is -1.07. The molecule has 4 nitrogen and oxygen atoms in total. The van der Waals surface area contributed by atoms with Gasteiger partial charge in [0.05, 0.1) is 0 Å². The fourth-order valence-corrected chi connectivity index (χ4v) is 1.64. The molecule has 0 spiro atoms. The van der Waals surface area contributed by atoms with E-state index in [9.17, 15) is 9.59 Å². The Morgan fingerprint density at radius 1 is 1.16 bits per heavy atom. The summed E-state index contributed by atoms with van der Waals surface area (Å²) >= 11 is 0. The zero-order chi connectivity index (χ0) is 14.6. The zero-order valence-electron chi connectivity index (χ0n) is 12.0. The predicted octanol–water partition coefficient (Wildman–Crippen LogP) is 2.94. The highest BCUT2D eigenvalue weighted by Crippen LogP contribution is 2.25. The largest absolute Gasteiger partial charge is 0.457 e. The lowest BCUT2D eigenvalue weighted by Gasteiger charge is -2.24. The average molecular weight is 264 g/mol. The van der Waals surface area contributed by atoms with E-state index in [1.165, 1.54) is 6.92 Å². The van der Waals surface area contributed by atoms with Crippen molar-refractivity contribution in [2.24, 2.45) is 0 Å². The molecule has 4 heteroatoms. The maximum absolute atomic E-state index is 12.1. The molecule has 0 aliphatic carbocycles. The third-order valence-corrected chi connectivity index (χ3v) is 2.38. The Labute approximate surface area is 113 Å². The summed E-state index contributed by atoms with van der Waals surface area (Å²) in [6.45, 7) is 8.45. The minimum atomic E-state index is -1.02. The molecule has 0 radical (unpaired) electrons. The van der Waals surface area contributed by atoms with Gasteiger partial charge in [0.25, 0.3) is 0 Å². The maximum atomic E-state index is 12.1. The number of carbonyl (C=O) groups excluding carboxylic acids is 2. The number of carbonyl (C=O) groups is 2. The van der Waals surface area contributed by atoms with Crippen LogP contribution in [0.2, 0.25) is 0 Å². The first-order chi connectivity index (χ1) is 8.70. The SMILES string of the molecule is CC(=O)OC(C(=O)OC(C)(C)C)c1ccccc1C. The quantitative estimate of drug-likeness (QED) is 0.788. The van der Waals surface area contributed by atoms with Gasteiger partial charge in [-0.25, -0.2) is 4.79 Å². The summed E-state index contributed by atoms with van der Waals surface area (Å²) in [5, 5.41) is 0. The Balaban J connectivity index is 3.05. The van der Waals surface area contributed by atoms with Crippen LogP contribution in [0.5, 0.6) is 0 Å². The second-order valence-electron chi connectivity index (χ2n) is 5.38. The summed E-state index contributed by atoms with van der Waals surface area (Å²) in [7, 11) is 0.